The first-order chi connectivity index (χ1) is 20.1. The summed E-state index contributed by atoms with van der Waals surface area (Å²) >= 11 is 0. The molecule has 2 amide bonds. The first-order valence-corrected chi connectivity index (χ1v) is 13.8. The Labute approximate surface area is 243 Å². The lowest BCUT2D eigenvalue weighted by Gasteiger charge is -2.16. The highest BCUT2D eigenvalue weighted by atomic mass is 16.5. The van der Waals surface area contributed by atoms with Gasteiger partial charge < -0.3 is 29.5 Å². The van der Waals surface area contributed by atoms with Crippen molar-refractivity contribution >= 4 is 28.4 Å². The largest absolute Gasteiger partial charge is 0.457 e. The summed E-state index contributed by atoms with van der Waals surface area (Å²) in [6.45, 7) is 8.75. The number of anilines is 1. The number of nitrogens with one attached hydrogen (secondary N) is 3. The highest BCUT2D eigenvalue weighted by molar-refractivity contribution is 6.02. The van der Waals surface area contributed by atoms with Gasteiger partial charge in [0.05, 0.1) is 6.33 Å². The Balaban J connectivity index is 1.42. The number of ether oxygens (including phenoxy) is 1. The van der Waals surface area contributed by atoms with Gasteiger partial charge >= 0.3 is 0 Å². The van der Waals surface area contributed by atoms with E-state index in [0.29, 0.717) is 53.3 Å². The molecule has 2 aromatic carbocycles. The monoisotopic (exact) mass is 566 g/mol. The third kappa shape index (κ3) is 5.97. The van der Waals surface area contributed by atoms with Gasteiger partial charge in [-0.25, -0.2) is 4.98 Å². The molecule has 0 radical (unpaired) electrons. The molecule has 0 aliphatic heterocycles. The van der Waals surface area contributed by atoms with E-state index in [9.17, 15) is 14.4 Å². The molecular weight excluding hydrogens is 532 g/mol. The predicted octanol–water partition coefficient (Wildman–Crippen LogP) is 5.23. The van der Waals surface area contributed by atoms with Crippen LogP contribution in [0.3, 0.4) is 0 Å². The number of pyridine rings is 1. The maximum Gasteiger partial charge on any atom is 0.274 e. The second-order valence-corrected chi connectivity index (χ2v) is 10.5. The Morgan fingerprint density at radius 2 is 1.81 bits per heavy atom. The fourth-order valence-corrected chi connectivity index (χ4v) is 5.08. The summed E-state index contributed by atoms with van der Waals surface area (Å²) in [4.78, 5) is 44.9. The molecule has 3 N–H and O–H groups in total. The molecule has 216 valence electrons. The third-order valence-electron chi connectivity index (χ3n) is 7.03. The van der Waals surface area contributed by atoms with Crippen molar-refractivity contribution in [3.8, 4) is 22.6 Å². The molecule has 0 aliphatic rings. The third-order valence-corrected chi connectivity index (χ3v) is 7.03. The van der Waals surface area contributed by atoms with Crippen LogP contribution in [0.1, 0.15) is 40.5 Å². The molecule has 0 bridgehead atoms. The number of aryl methyl sites for hydroxylation is 5. The first kappa shape index (κ1) is 28.4. The van der Waals surface area contributed by atoms with Crippen LogP contribution in [0.4, 0.5) is 5.69 Å². The molecule has 3 heterocycles. The summed E-state index contributed by atoms with van der Waals surface area (Å²) in [7, 11) is 1.69. The maximum atomic E-state index is 12.9. The number of hydrogen-bond donors (Lipinski definition) is 3. The molecule has 10 heteroatoms. The number of nitrogens with zero attached hydrogens (tertiary/aromatic N) is 3. The second kappa shape index (κ2) is 11.8. The minimum absolute atomic E-state index is 0.0804. The van der Waals surface area contributed by atoms with Crippen LogP contribution in [0.15, 0.2) is 66.1 Å². The zero-order valence-corrected chi connectivity index (χ0v) is 24.4. The van der Waals surface area contributed by atoms with E-state index in [2.05, 4.69) is 20.6 Å². The van der Waals surface area contributed by atoms with E-state index in [1.165, 1.54) is 4.57 Å². The predicted molar refractivity (Wildman–Crippen MR) is 163 cm³/mol. The molecule has 0 saturated heterocycles. The van der Waals surface area contributed by atoms with Crippen LogP contribution in [-0.4, -0.2) is 37.5 Å². The molecule has 0 fully saturated rings. The van der Waals surface area contributed by atoms with Crippen molar-refractivity contribution in [3.63, 3.8) is 0 Å². The van der Waals surface area contributed by atoms with E-state index in [-0.39, 0.29) is 17.4 Å². The summed E-state index contributed by atoms with van der Waals surface area (Å²) in [5.41, 5.74) is 5.58. The van der Waals surface area contributed by atoms with Crippen LogP contribution in [0.25, 0.3) is 22.0 Å². The quantitative estimate of drug-likeness (QED) is 0.226. The highest BCUT2D eigenvalue weighted by Crippen LogP contribution is 2.36. The van der Waals surface area contributed by atoms with Gasteiger partial charge in [-0.15, -0.1) is 0 Å². The first-order valence-electron chi connectivity index (χ1n) is 13.8. The van der Waals surface area contributed by atoms with Crippen molar-refractivity contribution in [2.24, 2.45) is 7.05 Å². The molecule has 42 heavy (non-hydrogen) atoms. The second-order valence-electron chi connectivity index (χ2n) is 10.5. The van der Waals surface area contributed by atoms with Crippen molar-refractivity contribution in [1.29, 1.82) is 0 Å². The van der Waals surface area contributed by atoms with E-state index >= 15 is 0 Å². The zero-order valence-electron chi connectivity index (χ0n) is 24.4. The SMILES string of the molecule is CCNC(=O)c1cc2c(-c3cc(C)cc(Oc4c(C)cc(NC(=O)CCn5ccnc5)cc4C)c3)cn(C)c(=O)c2[nH]1. The van der Waals surface area contributed by atoms with Gasteiger partial charge in [0.1, 0.15) is 22.7 Å². The molecule has 5 rings (SSSR count). The number of aromatic nitrogens is 4. The van der Waals surface area contributed by atoms with Gasteiger partial charge in [0, 0.05) is 61.8 Å². The summed E-state index contributed by atoms with van der Waals surface area (Å²) in [6, 6.07) is 11.4. The molecule has 0 spiro atoms. The van der Waals surface area contributed by atoms with Crippen LogP contribution in [0.2, 0.25) is 0 Å². The molecule has 0 unspecified atom stereocenters. The number of H-pyrrole nitrogens is 1. The van der Waals surface area contributed by atoms with Crippen molar-refractivity contribution in [3.05, 3.63) is 94.1 Å². The number of fused-ring (bicyclic) bond motifs is 1. The van der Waals surface area contributed by atoms with Crippen molar-refractivity contribution in [2.45, 2.75) is 40.7 Å². The maximum absolute atomic E-state index is 12.9. The number of hydrogen-bond acceptors (Lipinski definition) is 5. The van der Waals surface area contributed by atoms with Crippen molar-refractivity contribution < 1.29 is 14.3 Å². The van der Waals surface area contributed by atoms with Gasteiger partial charge in [-0.3, -0.25) is 14.4 Å². The molecule has 5 aromatic rings. The van der Waals surface area contributed by atoms with E-state index < -0.39 is 0 Å². The van der Waals surface area contributed by atoms with Gasteiger partial charge in [-0.1, -0.05) is 6.07 Å². The van der Waals surface area contributed by atoms with Gasteiger partial charge in [-0.05, 0) is 80.3 Å². The minimum atomic E-state index is -0.265. The van der Waals surface area contributed by atoms with E-state index in [4.69, 9.17) is 4.74 Å². The Morgan fingerprint density at radius 3 is 2.50 bits per heavy atom. The lowest BCUT2D eigenvalue weighted by molar-refractivity contribution is -0.116. The van der Waals surface area contributed by atoms with Crippen LogP contribution in [-0.2, 0) is 18.4 Å². The van der Waals surface area contributed by atoms with Gasteiger partial charge in [0.2, 0.25) is 5.91 Å². The summed E-state index contributed by atoms with van der Waals surface area (Å²) in [5.74, 6) is 0.991. The normalized spacial score (nSPS) is 11.1. The molecule has 0 saturated carbocycles. The standard InChI is InChI=1S/C32H34N6O4/c1-6-34-31(40)27-16-25-26(17-37(5)32(41)29(25)36-27)22-11-19(2)12-24(15-22)42-30-20(3)13-23(14-21(30)4)35-28(39)7-9-38-10-8-33-18-38/h8,10-18,36H,6-7,9H2,1-5H3,(H,34,40)(H,35,39). The number of carbonyl (C=O) groups is 2. The number of carbonyl (C=O) groups excluding carboxylic acids is 2. The number of amides is 2. The summed E-state index contributed by atoms with van der Waals surface area (Å²) < 4.78 is 9.79. The Bertz CT molecular complexity index is 1830. The number of aromatic amines is 1. The zero-order chi connectivity index (χ0) is 30.0. The smallest absolute Gasteiger partial charge is 0.274 e. The highest BCUT2D eigenvalue weighted by Gasteiger charge is 2.17. The average Bonchev–Trinajstić information content (AvgIpc) is 3.62. The topological polar surface area (TPSA) is 123 Å². The number of imidazole rings is 1. The fraction of sp³-hybridized carbons (Fsp3) is 0.250. The van der Waals surface area contributed by atoms with Crippen LogP contribution in [0.5, 0.6) is 11.5 Å². The van der Waals surface area contributed by atoms with Crippen LogP contribution >= 0.6 is 0 Å². The summed E-state index contributed by atoms with van der Waals surface area (Å²) in [6.07, 6.45) is 7.32. The molecule has 3 aromatic heterocycles. The molecule has 0 aliphatic carbocycles. The van der Waals surface area contributed by atoms with Crippen molar-refractivity contribution in [1.82, 2.24) is 24.4 Å². The Morgan fingerprint density at radius 1 is 1.05 bits per heavy atom. The lowest BCUT2D eigenvalue weighted by Crippen LogP contribution is -2.23. The van der Waals surface area contributed by atoms with Gasteiger partial charge in [-0.2, -0.15) is 0 Å². The Kier molecular flexibility index (Phi) is 7.97. The number of benzene rings is 2. The minimum Gasteiger partial charge on any atom is -0.457 e. The van der Waals surface area contributed by atoms with Crippen LogP contribution in [0, 0.1) is 20.8 Å². The van der Waals surface area contributed by atoms with Crippen LogP contribution < -0.4 is 20.9 Å². The molecule has 10 nitrogen and oxygen atoms in total. The lowest BCUT2D eigenvalue weighted by atomic mass is 10.0. The van der Waals surface area contributed by atoms with E-state index in [1.807, 2.05) is 68.8 Å². The van der Waals surface area contributed by atoms with E-state index in [0.717, 1.165) is 27.8 Å². The van der Waals surface area contributed by atoms with Gasteiger partial charge in [0.15, 0.2) is 0 Å². The summed E-state index contributed by atoms with van der Waals surface area (Å²) in [5, 5.41) is 6.41. The van der Waals surface area contributed by atoms with E-state index in [1.54, 1.807) is 31.8 Å². The van der Waals surface area contributed by atoms with Gasteiger partial charge in [0.25, 0.3) is 11.5 Å². The number of rotatable bonds is 9. The average molecular weight is 567 g/mol. The Hall–Kier alpha value is -5.12. The van der Waals surface area contributed by atoms with Crippen molar-refractivity contribution in [2.75, 3.05) is 11.9 Å². The fourth-order valence-electron chi connectivity index (χ4n) is 5.08. The molecular formula is C32H34N6O4. The molecule has 0 atom stereocenters.